The van der Waals surface area contributed by atoms with Crippen LogP contribution in [0.15, 0.2) is 41.8 Å². The number of rotatable bonds is 5. The lowest BCUT2D eigenvalue weighted by Crippen LogP contribution is -2.23. The summed E-state index contributed by atoms with van der Waals surface area (Å²) in [4.78, 5) is 26.9. The number of hydrogen-bond acceptors (Lipinski definition) is 5. The summed E-state index contributed by atoms with van der Waals surface area (Å²) in [6.07, 6.45) is 1.38. The third kappa shape index (κ3) is 6.08. The topological polar surface area (TPSA) is 93.3 Å². The van der Waals surface area contributed by atoms with E-state index in [4.69, 9.17) is 15.6 Å². The molecule has 5 nitrogen and oxygen atoms in total. The van der Waals surface area contributed by atoms with Gasteiger partial charge >= 0.3 is 12.1 Å². The largest absolute Gasteiger partial charge is 0.490 e. The van der Waals surface area contributed by atoms with Crippen molar-refractivity contribution >= 4 is 33.2 Å². The second kappa shape index (κ2) is 10.5. The van der Waals surface area contributed by atoms with E-state index in [1.807, 2.05) is 17.4 Å². The van der Waals surface area contributed by atoms with E-state index in [-0.39, 0.29) is 11.7 Å². The van der Waals surface area contributed by atoms with Gasteiger partial charge in [0.05, 0.1) is 5.69 Å². The number of Topliss-reactive ketones (excluding diaryl/α,β-unsaturated/α-hetero) is 1. The Balaban J connectivity index is 0.000000364. The molecule has 0 aliphatic heterocycles. The van der Waals surface area contributed by atoms with Crippen molar-refractivity contribution in [3.63, 3.8) is 0 Å². The van der Waals surface area contributed by atoms with Crippen LogP contribution in [0.3, 0.4) is 0 Å². The Labute approximate surface area is 205 Å². The lowest BCUT2D eigenvalue weighted by Gasteiger charge is -2.28. The van der Waals surface area contributed by atoms with Crippen LogP contribution < -0.4 is 5.73 Å². The van der Waals surface area contributed by atoms with Crippen molar-refractivity contribution in [3.8, 4) is 0 Å². The smallest absolute Gasteiger partial charge is 0.475 e. The third-order valence-electron chi connectivity index (χ3n) is 6.74. The molecule has 0 radical (unpaired) electrons. The van der Waals surface area contributed by atoms with E-state index >= 15 is 0 Å². The Morgan fingerprint density at radius 2 is 1.66 bits per heavy atom. The van der Waals surface area contributed by atoms with E-state index in [1.54, 1.807) is 0 Å². The van der Waals surface area contributed by atoms with Crippen LogP contribution in [0.25, 0.3) is 10.1 Å². The van der Waals surface area contributed by atoms with Crippen molar-refractivity contribution in [2.45, 2.75) is 63.1 Å². The van der Waals surface area contributed by atoms with Crippen molar-refractivity contribution < 1.29 is 27.9 Å². The van der Waals surface area contributed by atoms with Gasteiger partial charge in [-0.1, -0.05) is 18.2 Å². The number of nitrogens with two attached hydrogens (primary N) is 1. The summed E-state index contributed by atoms with van der Waals surface area (Å²) in [6, 6.07) is 13.1. The first-order chi connectivity index (χ1) is 16.7. The van der Waals surface area contributed by atoms with E-state index in [2.05, 4.69) is 40.7 Å². The maximum Gasteiger partial charge on any atom is 0.490 e. The lowest BCUT2D eigenvalue weighted by molar-refractivity contribution is -0.192. The van der Waals surface area contributed by atoms with Gasteiger partial charge in [-0.2, -0.15) is 13.2 Å². The van der Waals surface area contributed by atoms with Gasteiger partial charge in [-0.05, 0) is 90.5 Å². The van der Waals surface area contributed by atoms with E-state index < -0.39 is 12.1 Å². The minimum Gasteiger partial charge on any atom is -0.475 e. The van der Waals surface area contributed by atoms with Gasteiger partial charge in [0.25, 0.3) is 0 Å². The van der Waals surface area contributed by atoms with Gasteiger partial charge in [0, 0.05) is 17.2 Å². The number of hydrogen-bond donors (Lipinski definition) is 2. The maximum absolute atomic E-state index is 13.3. The number of fused-ring (bicyclic) bond motifs is 1. The normalized spacial score (nSPS) is 20.2. The number of thiophene rings is 1. The first-order valence-corrected chi connectivity index (χ1v) is 12.6. The number of benzene rings is 1. The Kier molecular flexibility index (Phi) is 7.56. The monoisotopic (exact) mass is 504 g/mol. The number of aromatic nitrogens is 1. The zero-order chi connectivity index (χ0) is 25.2. The highest BCUT2D eigenvalue weighted by atomic mass is 32.1. The molecule has 35 heavy (non-hydrogen) atoms. The number of carboxylic acid groups (broad SMARTS) is 1. The fourth-order valence-corrected chi connectivity index (χ4v) is 5.49. The highest BCUT2D eigenvalue weighted by Gasteiger charge is 2.38. The van der Waals surface area contributed by atoms with Crippen LogP contribution in [0.4, 0.5) is 13.2 Å². The standard InChI is InChI=1S/C24H26N2OS.C2HF3O2/c25-14-20-9-10-21(16-3-4-16)23(26-20)24(27)18-6-1-15(2-7-18)19-8-5-17-11-12-28-22(17)13-19;3-2(4,5)1(6)7/h5,8-13,15-16,18H,1-4,6-7,14,25H2;(H,6,7). The molecule has 0 unspecified atom stereocenters. The summed E-state index contributed by atoms with van der Waals surface area (Å²) in [6.45, 7) is 0.392. The summed E-state index contributed by atoms with van der Waals surface area (Å²) in [5, 5.41) is 10.6. The first-order valence-electron chi connectivity index (χ1n) is 11.7. The SMILES string of the molecule is NCc1ccc(C2CC2)c(C(=O)C2CCC(c3ccc4ccsc4c3)CC2)n1.O=C(O)C(F)(F)F. The molecular formula is C26H27F3N2O3S. The second-order valence-electron chi connectivity index (χ2n) is 9.15. The van der Waals surface area contributed by atoms with Crippen LogP contribution >= 0.6 is 11.3 Å². The second-order valence-corrected chi connectivity index (χ2v) is 10.1. The number of ketones is 1. The predicted octanol–water partition coefficient (Wildman–Crippen LogP) is 6.42. The Bertz CT molecular complexity index is 1210. The summed E-state index contributed by atoms with van der Waals surface area (Å²) in [5.74, 6) is -1.29. The molecule has 2 fully saturated rings. The number of alkyl halides is 3. The first kappa shape index (κ1) is 25.3. The van der Waals surface area contributed by atoms with Crippen molar-refractivity contribution in [2.24, 2.45) is 11.7 Å². The quantitative estimate of drug-likeness (QED) is 0.391. The van der Waals surface area contributed by atoms with E-state index in [1.165, 1.54) is 28.5 Å². The molecule has 2 heterocycles. The summed E-state index contributed by atoms with van der Waals surface area (Å²) in [7, 11) is 0. The Hall–Kier alpha value is -2.78. The Morgan fingerprint density at radius 3 is 2.26 bits per heavy atom. The van der Waals surface area contributed by atoms with Crippen LogP contribution in [0.1, 0.15) is 77.7 Å². The van der Waals surface area contributed by atoms with Gasteiger partial charge < -0.3 is 10.8 Å². The predicted molar refractivity (Wildman–Crippen MR) is 129 cm³/mol. The molecule has 0 spiro atoms. The molecule has 2 saturated carbocycles. The van der Waals surface area contributed by atoms with Gasteiger partial charge in [-0.3, -0.25) is 4.79 Å². The molecule has 2 aromatic heterocycles. The minimum absolute atomic E-state index is 0.111. The molecule has 0 atom stereocenters. The molecule has 0 saturated heterocycles. The molecule has 2 aliphatic rings. The van der Waals surface area contributed by atoms with Crippen LogP contribution in [0.5, 0.6) is 0 Å². The molecule has 3 aromatic rings. The van der Waals surface area contributed by atoms with Crippen LogP contribution in [0.2, 0.25) is 0 Å². The molecule has 2 aliphatic carbocycles. The van der Waals surface area contributed by atoms with Crippen LogP contribution in [-0.4, -0.2) is 28.0 Å². The van der Waals surface area contributed by atoms with E-state index in [0.717, 1.165) is 36.9 Å². The summed E-state index contributed by atoms with van der Waals surface area (Å²) < 4.78 is 33.1. The maximum atomic E-state index is 13.3. The molecule has 0 bridgehead atoms. The third-order valence-corrected chi connectivity index (χ3v) is 7.62. The molecular weight excluding hydrogens is 477 g/mol. The summed E-state index contributed by atoms with van der Waals surface area (Å²) >= 11 is 1.81. The van der Waals surface area contributed by atoms with E-state index in [9.17, 15) is 18.0 Å². The average Bonchev–Trinajstić information content (AvgIpc) is 3.59. The van der Waals surface area contributed by atoms with Crippen molar-refractivity contribution in [3.05, 3.63) is 64.3 Å². The number of nitrogens with zero attached hydrogens (tertiary/aromatic N) is 1. The van der Waals surface area contributed by atoms with Gasteiger partial charge in [0.2, 0.25) is 0 Å². The number of carbonyl (C=O) groups is 2. The fraction of sp³-hybridized carbons (Fsp3) is 0.423. The number of carbonyl (C=O) groups excluding carboxylic acids is 1. The van der Waals surface area contributed by atoms with Crippen molar-refractivity contribution in [2.75, 3.05) is 0 Å². The fourth-order valence-electron chi connectivity index (χ4n) is 4.65. The molecule has 0 amide bonds. The zero-order valence-corrected chi connectivity index (χ0v) is 19.9. The van der Waals surface area contributed by atoms with Crippen molar-refractivity contribution in [1.82, 2.24) is 4.98 Å². The highest BCUT2D eigenvalue weighted by molar-refractivity contribution is 7.17. The summed E-state index contributed by atoms with van der Waals surface area (Å²) in [5.41, 5.74) is 9.91. The highest BCUT2D eigenvalue weighted by Crippen LogP contribution is 2.43. The van der Waals surface area contributed by atoms with Crippen LogP contribution in [-0.2, 0) is 11.3 Å². The Morgan fingerprint density at radius 1 is 1.00 bits per heavy atom. The molecule has 1 aromatic carbocycles. The molecule has 5 rings (SSSR count). The lowest BCUT2D eigenvalue weighted by atomic mass is 9.76. The molecule has 3 N–H and O–H groups in total. The number of halogens is 3. The number of aliphatic carboxylic acids is 1. The number of carboxylic acids is 1. The van der Waals surface area contributed by atoms with Gasteiger partial charge in [0.1, 0.15) is 5.69 Å². The van der Waals surface area contributed by atoms with Gasteiger partial charge in [-0.15, -0.1) is 11.3 Å². The number of pyridine rings is 1. The van der Waals surface area contributed by atoms with E-state index in [0.29, 0.717) is 24.1 Å². The zero-order valence-electron chi connectivity index (χ0n) is 19.1. The van der Waals surface area contributed by atoms with Gasteiger partial charge in [-0.25, -0.2) is 9.78 Å². The van der Waals surface area contributed by atoms with Gasteiger partial charge in [0.15, 0.2) is 5.78 Å². The van der Waals surface area contributed by atoms with Crippen molar-refractivity contribution in [1.29, 1.82) is 0 Å². The molecule has 186 valence electrons. The molecule has 9 heteroatoms. The van der Waals surface area contributed by atoms with Crippen LogP contribution in [0, 0.1) is 5.92 Å². The minimum atomic E-state index is -5.08. The average molecular weight is 505 g/mol.